The lowest BCUT2D eigenvalue weighted by molar-refractivity contribution is -0.131. The van der Waals surface area contributed by atoms with Gasteiger partial charge in [0.15, 0.2) is 0 Å². The third kappa shape index (κ3) is 1.20. The Labute approximate surface area is 78.5 Å². The Bertz CT molecular complexity index is 248. The zero-order valence-corrected chi connectivity index (χ0v) is 8.63. The molecule has 0 bridgehead atoms. The normalized spacial score (nSPS) is 21.5. The van der Waals surface area contributed by atoms with Gasteiger partial charge in [-0.05, 0) is 27.7 Å². The van der Waals surface area contributed by atoms with Crippen LogP contribution in [0.1, 0.15) is 27.7 Å². The highest BCUT2D eigenvalue weighted by Crippen LogP contribution is 2.26. The number of carbonyl (C=O) groups is 2. The Morgan fingerprint density at radius 1 is 1.15 bits per heavy atom. The maximum atomic E-state index is 11.7. The lowest BCUT2D eigenvalue weighted by atomic mass is 10.0. The summed E-state index contributed by atoms with van der Waals surface area (Å²) in [4.78, 5) is 26.2. The summed E-state index contributed by atoms with van der Waals surface area (Å²) in [7, 11) is 0. The molecule has 0 spiro atoms. The summed E-state index contributed by atoms with van der Waals surface area (Å²) in [5.74, 6) is -0.0955. The highest BCUT2D eigenvalue weighted by atomic mass is 16.2. The van der Waals surface area contributed by atoms with E-state index in [1.807, 2.05) is 13.8 Å². The Kier molecular flexibility index (Phi) is 2.32. The standard InChI is InChI=1S/C9H16N2O2/c1-5-10-7(12)9(3,4)11(6-2)8(10)13/h5-6H2,1-4H3. The maximum absolute atomic E-state index is 11.7. The molecule has 0 aromatic heterocycles. The second kappa shape index (κ2) is 3.01. The van der Waals surface area contributed by atoms with E-state index in [4.69, 9.17) is 0 Å². The van der Waals surface area contributed by atoms with Crippen molar-refractivity contribution in [2.45, 2.75) is 33.2 Å². The number of likely N-dealkylation sites (N-methyl/N-ethyl adjacent to an activating group) is 2. The zero-order chi connectivity index (χ0) is 10.2. The van der Waals surface area contributed by atoms with Gasteiger partial charge in [0.2, 0.25) is 0 Å². The first-order valence-corrected chi connectivity index (χ1v) is 4.60. The molecule has 1 rings (SSSR count). The van der Waals surface area contributed by atoms with Gasteiger partial charge in [-0.25, -0.2) is 4.79 Å². The lowest BCUT2D eigenvalue weighted by Crippen LogP contribution is -2.43. The highest BCUT2D eigenvalue weighted by Gasteiger charge is 2.49. The van der Waals surface area contributed by atoms with E-state index in [-0.39, 0.29) is 11.9 Å². The average molecular weight is 184 g/mol. The molecular formula is C9H16N2O2. The minimum atomic E-state index is -0.665. The van der Waals surface area contributed by atoms with Crippen molar-refractivity contribution in [1.29, 1.82) is 0 Å². The van der Waals surface area contributed by atoms with Crippen molar-refractivity contribution < 1.29 is 9.59 Å². The van der Waals surface area contributed by atoms with Crippen molar-refractivity contribution in [3.8, 4) is 0 Å². The first kappa shape index (κ1) is 10.0. The first-order valence-electron chi connectivity index (χ1n) is 4.60. The smallest absolute Gasteiger partial charge is 0.310 e. The number of hydrogen-bond acceptors (Lipinski definition) is 2. The van der Waals surface area contributed by atoms with Gasteiger partial charge in [0.25, 0.3) is 5.91 Å². The number of urea groups is 1. The van der Waals surface area contributed by atoms with Crippen LogP contribution in [0.3, 0.4) is 0 Å². The fourth-order valence-corrected chi connectivity index (χ4v) is 1.73. The molecule has 4 nitrogen and oxygen atoms in total. The van der Waals surface area contributed by atoms with Gasteiger partial charge in [-0.3, -0.25) is 9.69 Å². The predicted octanol–water partition coefficient (Wildman–Crippen LogP) is 1.07. The van der Waals surface area contributed by atoms with Crippen molar-refractivity contribution in [1.82, 2.24) is 9.80 Å². The van der Waals surface area contributed by atoms with Crippen molar-refractivity contribution in [3.05, 3.63) is 0 Å². The van der Waals surface area contributed by atoms with Crippen LogP contribution >= 0.6 is 0 Å². The van der Waals surface area contributed by atoms with Crippen molar-refractivity contribution in [2.75, 3.05) is 13.1 Å². The summed E-state index contributed by atoms with van der Waals surface area (Å²) in [5.41, 5.74) is -0.665. The highest BCUT2D eigenvalue weighted by molar-refractivity contribution is 6.06. The number of rotatable bonds is 2. The largest absolute Gasteiger partial charge is 0.327 e. The fraction of sp³-hybridized carbons (Fsp3) is 0.778. The molecular weight excluding hydrogens is 168 g/mol. The van der Waals surface area contributed by atoms with Crippen LogP contribution in [0.4, 0.5) is 4.79 Å². The molecule has 0 saturated carbocycles. The fourth-order valence-electron chi connectivity index (χ4n) is 1.73. The molecule has 13 heavy (non-hydrogen) atoms. The third-order valence-corrected chi connectivity index (χ3v) is 2.54. The topological polar surface area (TPSA) is 40.6 Å². The molecule has 0 radical (unpaired) electrons. The molecule has 0 unspecified atom stereocenters. The maximum Gasteiger partial charge on any atom is 0.327 e. The molecule has 0 N–H and O–H groups in total. The predicted molar refractivity (Wildman–Crippen MR) is 49.2 cm³/mol. The molecule has 0 atom stereocenters. The number of nitrogens with zero attached hydrogens (tertiary/aromatic N) is 2. The van der Waals surface area contributed by atoms with Crippen molar-refractivity contribution in [3.63, 3.8) is 0 Å². The van der Waals surface area contributed by atoms with E-state index < -0.39 is 5.54 Å². The monoisotopic (exact) mass is 184 g/mol. The molecule has 3 amide bonds. The van der Waals surface area contributed by atoms with Gasteiger partial charge in [-0.1, -0.05) is 0 Å². The molecule has 1 saturated heterocycles. The lowest BCUT2D eigenvalue weighted by Gasteiger charge is -2.25. The van der Waals surface area contributed by atoms with Crippen LogP contribution in [-0.2, 0) is 4.79 Å². The van der Waals surface area contributed by atoms with E-state index in [0.717, 1.165) is 0 Å². The second-order valence-corrected chi connectivity index (χ2v) is 3.64. The van der Waals surface area contributed by atoms with Gasteiger partial charge < -0.3 is 4.90 Å². The Morgan fingerprint density at radius 2 is 1.69 bits per heavy atom. The Balaban J connectivity index is 3.03. The van der Waals surface area contributed by atoms with Crippen LogP contribution in [0.25, 0.3) is 0 Å². The van der Waals surface area contributed by atoms with E-state index in [1.54, 1.807) is 18.7 Å². The summed E-state index contributed by atoms with van der Waals surface area (Å²) < 4.78 is 0. The quantitative estimate of drug-likeness (QED) is 0.602. The van der Waals surface area contributed by atoms with Gasteiger partial charge in [0.05, 0.1) is 0 Å². The molecule has 74 valence electrons. The molecule has 1 heterocycles. The third-order valence-electron chi connectivity index (χ3n) is 2.54. The summed E-state index contributed by atoms with van der Waals surface area (Å²) in [6.45, 7) is 8.29. The molecule has 1 aliphatic rings. The van der Waals surface area contributed by atoms with E-state index >= 15 is 0 Å². The van der Waals surface area contributed by atoms with Crippen LogP contribution in [0.2, 0.25) is 0 Å². The molecule has 0 aliphatic carbocycles. The Morgan fingerprint density at radius 3 is 1.92 bits per heavy atom. The van der Waals surface area contributed by atoms with Gasteiger partial charge >= 0.3 is 6.03 Å². The van der Waals surface area contributed by atoms with E-state index in [2.05, 4.69) is 0 Å². The van der Waals surface area contributed by atoms with Crippen LogP contribution < -0.4 is 0 Å². The number of carbonyl (C=O) groups excluding carboxylic acids is 2. The van der Waals surface area contributed by atoms with E-state index in [0.29, 0.717) is 13.1 Å². The van der Waals surface area contributed by atoms with Gasteiger partial charge in [-0.2, -0.15) is 0 Å². The summed E-state index contributed by atoms with van der Waals surface area (Å²) in [6.07, 6.45) is 0. The second-order valence-electron chi connectivity index (χ2n) is 3.64. The average Bonchev–Trinajstić information content (AvgIpc) is 2.20. The molecule has 0 aromatic rings. The summed E-state index contributed by atoms with van der Waals surface area (Å²) in [6, 6.07) is -0.167. The van der Waals surface area contributed by atoms with Crippen LogP contribution in [0.5, 0.6) is 0 Å². The number of amides is 3. The first-order chi connectivity index (χ1) is 5.96. The molecule has 1 fully saturated rings. The minimum Gasteiger partial charge on any atom is -0.310 e. The van der Waals surface area contributed by atoms with Gasteiger partial charge in [0.1, 0.15) is 5.54 Å². The molecule has 4 heteroatoms. The Hall–Kier alpha value is -1.06. The summed E-state index contributed by atoms with van der Waals surface area (Å²) in [5, 5.41) is 0. The van der Waals surface area contributed by atoms with Crippen molar-refractivity contribution >= 4 is 11.9 Å². The molecule has 0 aromatic carbocycles. The van der Waals surface area contributed by atoms with Gasteiger partial charge in [-0.15, -0.1) is 0 Å². The number of imide groups is 1. The minimum absolute atomic E-state index is 0.0955. The SMILES string of the molecule is CCN1C(=O)N(CC)C(C)(C)C1=O. The summed E-state index contributed by atoms with van der Waals surface area (Å²) >= 11 is 0. The van der Waals surface area contributed by atoms with Crippen molar-refractivity contribution in [2.24, 2.45) is 0 Å². The number of hydrogen-bond donors (Lipinski definition) is 0. The molecule has 1 aliphatic heterocycles. The van der Waals surface area contributed by atoms with Gasteiger partial charge in [0, 0.05) is 13.1 Å². The van der Waals surface area contributed by atoms with E-state index in [1.165, 1.54) is 4.90 Å². The van der Waals surface area contributed by atoms with Crippen LogP contribution in [0.15, 0.2) is 0 Å². The van der Waals surface area contributed by atoms with Crippen LogP contribution in [-0.4, -0.2) is 40.4 Å². The van der Waals surface area contributed by atoms with E-state index in [9.17, 15) is 9.59 Å². The zero-order valence-electron chi connectivity index (χ0n) is 8.63. The van der Waals surface area contributed by atoms with Crippen LogP contribution in [0, 0.1) is 0 Å².